The van der Waals surface area contributed by atoms with Gasteiger partial charge in [0.05, 0.1) is 27.8 Å². The molecule has 0 fully saturated rings. The van der Waals surface area contributed by atoms with Crippen LogP contribution in [-0.2, 0) is 9.59 Å². The molecule has 12 nitrogen and oxygen atoms in total. The average Bonchev–Trinajstić information content (AvgIpc) is 3.06. The number of anilines is 1. The number of amides is 1. The number of Topliss-reactive ketones (excluding diaryl/α,β-unsaturated/α-hetero) is 1. The molecular weight excluding hydrogens is 410 g/mol. The molecule has 0 radical (unpaired) electrons. The number of imidazole rings is 1. The fourth-order valence-electron chi connectivity index (χ4n) is 2.68. The fraction of sp³-hybridized carbons (Fsp3) is 0.105. The van der Waals surface area contributed by atoms with Crippen LogP contribution in [0.15, 0.2) is 51.4 Å². The van der Waals surface area contributed by atoms with Crippen molar-refractivity contribution in [1.82, 2.24) is 9.97 Å². The summed E-state index contributed by atoms with van der Waals surface area (Å²) in [5.74, 6) is -4.22. The van der Waals surface area contributed by atoms with Crippen molar-refractivity contribution in [2.75, 3.05) is 5.32 Å². The predicted octanol–water partition coefficient (Wildman–Crippen LogP) is 1.93. The third kappa shape index (κ3) is 4.87. The van der Waals surface area contributed by atoms with Crippen LogP contribution in [0.4, 0.5) is 11.4 Å². The van der Waals surface area contributed by atoms with E-state index in [-0.39, 0.29) is 22.5 Å². The van der Waals surface area contributed by atoms with Crippen molar-refractivity contribution in [3.05, 3.63) is 58.0 Å². The van der Waals surface area contributed by atoms with Gasteiger partial charge in [-0.1, -0.05) is 0 Å². The molecule has 3 aromatic rings. The molecule has 158 valence electrons. The Labute approximate surface area is 172 Å². The summed E-state index contributed by atoms with van der Waals surface area (Å²) in [4.78, 5) is 63.2. The van der Waals surface area contributed by atoms with Gasteiger partial charge in [0.1, 0.15) is 0 Å². The Bertz CT molecular complexity index is 1270. The molecule has 0 aliphatic rings. The first-order valence-corrected chi connectivity index (χ1v) is 8.70. The number of hydrogen-bond acceptors (Lipinski definition) is 7. The standard InChI is InChI=1S/C19H15N5O7/c1-8(25)15(16(26)20-11-2-3-13-14(7-11)22-19(31)21-13)24-23-12-5-9(17(27)28)4-10(6-12)18(29)30/h2-7,15H,1H3,(H,20,26)(H,27,28)(H,29,30)(H2,21,22,31). The number of hydrogen-bond donors (Lipinski definition) is 5. The van der Waals surface area contributed by atoms with Crippen LogP contribution in [0.5, 0.6) is 0 Å². The lowest BCUT2D eigenvalue weighted by atomic mass is 10.1. The zero-order chi connectivity index (χ0) is 22.7. The third-order valence-electron chi connectivity index (χ3n) is 4.12. The summed E-state index contributed by atoms with van der Waals surface area (Å²) < 4.78 is 0. The van der Waals surface area contributed by atoms with Gasteiger partial charge in [-0.05, 0) is 43.3 Å². The van der Waals surface area contributed by atoms with Gasteiger partial charge in [0, 0.05) is 5.69 Å². The van der Waals surface area contributed by atoms with E-state index in [1.54, 1.807) is 6.07 Å². The van der Waals surface area contributed by atoms with Crippen molar-refractivity contribution in [1.29, 1.82) is 0 Å². The molecule has 5 N–H and O–H groups in total. The van der Waals surface area contributed by atoms with Crippen LogP contribution < -0.4 is 11.0 Å². The molecule has 1 amide bonds. The number of benzene rings is 2. The Hall–Kier alpha value is -4.61. The van der Waals surface area contributed by atoms with Crippen LogP contribution >= 0.6 is 0 Å². The molecule has 0 saturated carbocycles. The first-order chi connectivity index (χ1) is 14.6. The van der Waals surface area contributed by atoms with Gasteiger partial charge in [0.2, 0.25) is 6.04 Å². The number of H-pyrrole nitrogens is 2. The number of fused-ring (bicyclic) bond motifs is 1. The van der Waals surface area contributed by atoms with Gasteiger partial charge < -0.3 is 25.5 Å². The quantitative estimate of drug-likeness (QED) is 0.282. The van der Waals surface area contributed by atoms with Crippen molar-refractivity contribution in [3.63, 3.8) is 0 Å². The van der Waals surface area contributed by atoms with Crippen LogP contribution in [0.3, 0.4) is 0 Å². The van der Waals surface area contributed by atoms with Gasteiger partial charge in [0.25, 0.3) is 5.91 Å². The molecule has 0 spiro atoms. The lowest BCUT2D eigenvalue weighted by Crippen LogP contribution is -2.31. The molecule has 0 aliphatic heterocycles. The van der Waals surface area contributed by atoms with E-state index in [1.165, 1.54) is 12.1 Å². The molecule has 1 atom stereocenters. The van der Waals surface area contributed by atoms with E-state index in [0.717, 1.165) is 25.1 Å². The fourth-order valence-corrected chi connectivity index (χ4v) is 2.68. The summed E-state index contributed by atoms with van der Waals surface area (Å²) in [6.07, 6.45) is 0. The Morgan fingerprint density at radius 3 is 2.13 bits per heavy atom. The zero-order valence-electron chi connectivity index (χ0n) is 15.9. The lowest BCUT2D eigenvalue weighted by Gasteiger charge is -2.09. The van der Waals surface area contributed by atoms with Gasteiger partial charge >= 0.3 is 17.6 Å². The molecule has 3 rings (SSSR count). The zero-order valence-corrected chi connectivity index (χ0v) is 15.9. The summed E-state index contributed by atoms with van der Waals surface area (Å²) in [6.45, 7) is 1.12. The van der Waals surface area contributed by atoms with Crippen molar-refractivity contribution in [2.24, 2.45) is 10.2 Å². The predicted molar refractivity (Wildman–Crippen MR) is 107 cm³/mol. The van der Waals surface area contributed by atoms with Crippen molar-refractivity contribution < 1.29 is 29.4 Å². The summed E-state index contributed by atoms with van der Waals surface area (Å²) >= 11 is 0. The number of aromatic amines is 2. The summed E-state index contributed by atoms with van der Waals surface area (Å²) in [5.41, 5.74) is 0.00269. The highest BCUT2D eigenvalue weighted by molar-refractivity contribution is 6.10. The van der Waals surface area contributed by atoms with E-state index in [2.05, 4.69) is 25.5 Å². The Balaban J connectivity index is 1.86. The molecule has 1 unspecified atom stereocenters. The van der Waals surface area contributed by atoms with Gasteiger partial charge in [-0.25, -0.2) is 14.4 Å². The number of rotatable bonds is 7. The maximum Gasteiger partial charge on any atom is 0.335 e. The topological polar surface area (TPSA) is 194 Å². The number of aromatic carboxylic acids is 2. The highest BCUT2D eigenvalue weighted by Crippen LogP contribution is 2.20. The largest absolute Gasteiger partial charge is 0.478 e. The van der Waals surface area contributed by atoms with Crippen LogP contribution in [0.25, 0.3) is 11.0 Å². The number of carboxylic acids is 2. The average molecular weight is 425 g/mol. The van der Waals surface area contributed by atoms with Gasteiger partial charge in [-0.3, -0.25) is 9.59 Å². The molecule has 0 aliphatic carbocycles. The minimum atomic E-state index is -1.57. The Morgan fingerprint density at radius 2 is 1.55 bits per heavy atom. The number of nitrogens with zero attached hydrogens (tertiary/aromatic N) is 2. The second-order valence-electron chi connectivity index (χ2n) is 6.44. The summed E-state index contributed by atoms with van der Waals surface area (Å²) in [7, 11) is 0. The van der Waals surface area contributed by atoms with Gasteiger partial charge in [-0.2, -0.15) is 10.2 Å². The number of azo groups is 1. The number of ketones is 1. The van der Waals surface area contributed by atoms with Gasteiger partial charge in [-0.15, -0.1) is 0 Å². The molecule has 1 aromatic heterocycles. The second kappa shape index (κ2) is 8.41. The highest BCUT2D eigenvalue weighted by Gasteiger charge is 2.23. The van der Waals surface area contributed by atoms with Crippen molar-refractivity contribution >= 4 is 46.0 Å². The second-order valence-corrected chi connectivity index (χ2v) is 6.44. The first kappa shape index (κ1) is 21.1. The lowest BCUT2D eigenvalue weighted by molar-refractivity contribution is -0.126. The minimum Gasteiger partial charge on any atom is -0.478 e. The van der Waals surface area contributed by atoms with Crippen molar-refractivity contribution in [2.45, 2.75) is 13.0 Å². The first-order valence-electron chi connectivity index (χ1n) is 8.70. The van der Waals surface area contributed by atoms with Crippen LogP contribution in [-0.4, -0.2) is 49.9 Å². The highest BCUT2D eigenvalue weighted by atomic mass is 16.4. The third-order valence-corrected chi connectivity index (χ3v) is 4.12. The smallest absolute Gasteiger partial charge is 0.335 e. The van der Waals surface area contributed by atoms with E-state index in [4.69, 9.17) is 10.2 Å². The van der Waals surface area contributed by atoms with Crippen molar-refractivity contribution in [3.8, 4) is 0 Å². The molecule has 0 bridgehead atoms. The number of carboxylic acid groups (broad SMARTS) is 2. The molecule has 12 heteroatoms. The maximum absolute atomic E-state index is 12.5. The molecule has 1 heterocycles. The van der Waals surface area contributed by atoms with E-state index < -0.39 is 35.4 Å². The van der Waals surface area contributed by atoms with Crippen LogP contribution in [0, 0.1) is 0 Å². The molecule has 0 saturated heterocycles. The maximum atomic E-state index is 12.5. The van der Waals surface area contributed by atoms with E-state index in [9.17, 15) is 24.0 Å². The minimum absolute atomic E-state index is 0.150. The number of carbonyl (C=O) groups excluding carboxylic acids is 2. The van der Waals surface area contributed by atoms with Crippen LogP contribution in [0.1, 0.15) is 27.6 Å². The summed E-state index contributed by atoms with van der Waals surface area (Å²) in [6, 6.07) is 6.04. The number of nitrogens with one attached hydrogen (secondary N) is 3. The van der Waals surface area contributed by atoms with E-state index in [0.29, 0.717) is 11.0 Å². The molecule has 31 heavy (non-hydrogen) atoms. The Kier molecular flexibility index (Phi) is 5.72. The molecular formula is C19H15N5O7. The van der Waals surface area contributed by atoms with E-state index >= 15 is 0 Å². The van der Waals surface area contributed by atoms with Gasteiger partial charge in [0.15, 0.2) is 5.78 Å². The number of aromatic nitrogens is 2. The van der Waals surface area contributed by atoms with Crippen LogP contribution in [0.2, 0.25) is 0 Å². The van der Waals surface area contributed by atoms with E-state index in [1.807, 2.05) is 0 Å². The number of carbonyl (C=O) groups is 4. The SMILES string of the molecule is CC(=O)C(N=Nc1cc(C(=O)O)cc(C(=O)O)c1)C(=O)Nc1ccc2[nH]c(=O)[nH]c2c1. The normalized spacial score (nSPS) is 12.0. The summed E-state index contributed by atoms with van der Waals surface area (Å²) in [5, 5.41) is 28.1. The Morgan fingerprint density at radius 1 is 0.935 bits per heavy atom. The monoisotopic (exact) mass is 425 g/mol. The molecule has 2 aromatic carbocycles.